The van der Waals surface area contributed by atoms with Gasteiger partial charge < -0.3 is 5.32 Å². The largest absolute Gasteiger partial charge is 0.384 e. The van der Waals surface area contributed by atoms with Crippen molar-refractivity contribution in [2.24, 2.45) is 0 Å². The summed E-state index contributed by atoms with van der Waals surface area (Å²) >= 11 is 0. The quantitative estimate of drug-likeness (QED) is 0.535. The molecule has 0 aliphatic carbocycles. The van der Waals surface area contributed by atoms with E-state index in [1.807, 2.05) is 6.92 Å². The van der Waals surface area contributed by atoms with E-state index in [2.05, 4.69) is 19.7 Å². The molecule has 1 aromatic rings. The van der Waals surface area contributed by atoms with Crippen LogP contribution in [0.2, 0.25) is 0 Å². The highest BCUT2D eigenvalue weighted by Crippen LogP contribution is 2.18. The molecule has 0 atom stereocenters. The van der Waals surface area contributed by atoms with Gasteiger partial charge in [0, 0.05) is 32.0 Å². The number of aromatic nitrogens is 1. The molecule has 1 aromatic heterocycles. The topological polar surface area (TPSA) is 117 Å². The summed E-state index contributed by atoms with van der Waals surface area (Å²) in [6.07, 6.45) is 4.18. The molecule has 0 aromatic carbocycles. The van der Waals surface area contributed by atoms with Gasteiger partial charge >= 0.3 is 0 Å². The fourth-order valence-electron chi connectivity index (χ4n) is 1.56. The summed E-state index contributed by atoms with van der Waals surface area (Å²) in [5, 5.41) is 2.95. The lowest BCUT2D eigenvalue weighted by atomic mass is 10.4. The predicted octanol–water partition coefficient (Wildman–Crippen LogP) is -0.269. The molecule has 3 N–H and O–H groups in total. The highest BCUT2D eigenvalue weighted by Gasteiger charge is 2.17. The van der Waals surface area contributed by atoms with Gasteiger partial charge in [0.25, 0.3) is 0 Å². The van der Waals surface area contributed by atoms with Crippen molar-refractivity contribution in [2.75, 3.05) is 31.2 Å². The first kappa shape index (κ1) is 17.8. The van der Waals surface area contributed by atoms with Crippen molar-refractivity contribution < 1.29 is 16.8 Å². The number of pyridine rings is 1. The second-order valence-corrected chi connectivity index (χ2v) is 7.89. The van der Waals surface area contributed by atoms with Crippen LogP contribution < -0.4 is 14.8 Å². The van der Waals surface area contributed by atoms with Gasteiger partial charge in [0.15, 0.2) is 0 Å². The lowest BCUT2D eigenvalue weighted by Crippen LogP contribution is -2.29. The summed E-state index contributed by atoms with van der Waals surface area (Å²) in [6.45, 7) is 2.76. The summed E-state index contributed by atoms with van der Waals surface area (Å²) in [4.78, 5) is 3.89. The van der Waals surface area contributed by atoms with Gasteiger partial charge in [0.1, 0.15) is 4.90 Å². The highest BCUT2D eigenvalue weighted by molar-refractivity contribution is 7.89. The van der Waals surface area contributed by atoms with Crippen molar-refractivity contribution in [2.45, 2.75) is 18.2 Å². The van der Waals surface area contributed by atoms with Crippen molar-refractivity contribution in [3.63, 3.8) is 0 Å². The Labute approximate surface area is 125 Å². The molecule has 10 heteroatoms. The summed E-state index contributed by atoms with van der Waals surface area (Å²) < 4.78 is 50.8. The van der Waals surface area contributed by atoms with E-state index in [1.54, 1.807) is 6.07 Å². The first-order valence-corrected chi connectivity index (χ1v) is 9.76. The summed E-state index contributed by atoms with van der Waals surface area (Å²) in [7, 11) is -6.93. The van der Waals surface area contributed by atoms with Crippen molar-refractivity contribution in [1.29, 1.82) is 0 Å². The van der Waals surface area contributed by atoms with Crippen LogP contribution in [0.4, 0.5) is 5.69 Å². The average Bonchev–Trinajstić information content (AvgIpc) is 2.37. The van der Waals surface area contributed by atoms with Crippen LogP contribution in [0.25, 0.3) is 0 Å². The number of sulfonamides is 2. The fourth-order valence-corrected chi connectivity index (χ4v) is 3.27. The third-order valence-electron chi connectivity index (χ3n) is 2.45. The molecule has 120 valence electrons. The Morgan fingerprint density at radius 2 is 1.81 bits per heavy atom. The molecule has 1 heterocycles. The minimum Gasteiger partial charge on any atom is -0.384 e. The third kappa shape index (κ3) is 6.38. The molecular weight excluding hydrogens is 316 g/mol. The molecule has 0 unspecified atom stereocenters. The van der Waals surface area contributed by atoms with E-state index in [1.165, 1.54) is 12.4 Å². The van der Waals surface area contributed by atoms with E-state index in [4.69, 9.17) is 0 Å². The van der Waals surface area contributed by atoms with Crippen LogP contribution in [0.15, 0.2) is 23.4 Å². The zero-order chi connectivity index (χ0) is 15.9. The van der Waals surface area contributed by atoms with E-state index >= 15 is 0 Å². The smallest absolute Gasteiger partial charge is 0.244 e. The minimum atomic E-state index is -3.68. The van der Waals surface area contributed by atoms with Gasteiger partial charge in [0.05, 0.1) is 11.9 Å². The van der Waals surface area contributed by atoms with Crippen LogP contribution in [-0.4, -0.2) is 47.7 Å². The molecular formula is C11H20N4O4S2. The highest BCUT2D eigenvalue weighted by atomic mass is 32.2. The Morgan fingerprint density at radius 3 is 2.43 bits per heavy atom. The lowest BCUT2D eigenvalue weighted by Gasteiger charge is -2.11. The van der Waals surface area contributed by atoms with E-state index in [9.17, 15) is 16.8 Å². The van der Waals surface area contributed by atoms with Crippen LogP contribution >= 0.6 is 0 Å². The van der Waals surface area contributed by atoms with Crippen molar-refractivity contribution in [1.82, 2.24) is 14.4 Å². The monoisotopic (exact) mass is 336 g/mol. The fraction of sp³-hybridized carbons (Fsp3) is 0.545. The molecule has 0 aliphatic heterocycles. The molecule has 0 spiro atoms. The van der Waals surface area contributed by atoms with E-state index < -0.39 is 20.0 Å². The Morgan fingerprint density at radius 1 is 1.14 bits per heavy atom. The van der Waals surface area contributed by atoms with Gasteiger partial charge in [-0.3, -0.25) is 4.98 Å². The Balaban J connectivity index is 2.62. The Bertz CT molecular complexity index is 659. The lowest BCUT2D eigenvalue weighted by molar-refractivity contribution is 0.575. The van der Waals surface area contributed by atoms with Crippen LogP contribution in [0.5, 0.6) is 0 Å². The predicted molar refractivity (Wildman–Crippen MR) is 81.1 cm³/mol. The standard InChI is InChI=1S/C11H20N4O4S2/c1-3-13-10-5-8-12-9-11(10)21(18,19)15-7-4-6-14-20(2,16)17/h5,8-9,14-15H,3-4,6-7H2,1-2H3,(H,12,13). The van der Waals surface area contributed by atoms with Gasteiger partial charge in [-0.15, -0.1) is 0 Å². The molecule has 0 fully saturated rings. The van der Waals surface area contributed by atoms with Crippen LogP contribution in [0, 0.1) is 0 Å². The van der Waals surface area contributed by atoms with Crippen molar-refractivity contribution >= 4 is 25.7 Å². The molecule has 8 nitrogen and oxygen atoms in total. The maximum Gasteiger partial charge on any atom is 0.244 e. The maximum absolute atomic E-state index is 12.2. The molecule has 0 amide bonds. The van der Waals surface area contributed by atoms with Gasteiger partial charge in [-0.25, -0.2) is 26.3 Å². The van der Waals surface area contributed by atoms with E-state index in [0.717, 1.165) is 6.26 Å². The minimum absolute atomic E-state index is 0.0722. The Hall–Kier alpha value is -1.23. The number of nitrogens with one attached hydrogen (secondary N) is 3. The molecule has 0 radical (unpaired) electrons. The average molecular weight is 336 g/mol. The second-order valence-electron chi connectivity index (χ2n) is 4.32. The molecule has 0 saturated carbocycles. The zero-order valence-corrected chi connectivity index (χ0v) is 13.6. The first-order valence-electron chi connectivity index (χ1n) is 6.38. The summed E-state index contributed by atoms with van der Waals surface area (Å²) in [5.41, 5.74) is 0.481. The second kappa shape index (κ2) is 7.69. The number of hydrogen-bond donors (Lipinski definition) is 3. The maximum atomic E-state index is 12.2. The van der Waals surface area contributed by atoms with Gasteiger partial charge in [-0.05, 0) is 19.4 Å². The molecule has 0 bridgehead atoms. The number of nitrogens with zero attached hydrogens (tertiary/aromatic N) is 1. The summed E-state index contributed by atoms with van der Waals surface area (Å²) in [5.74, 6) is 0. The SMILES string of the molecule is CCNc1ccncc1S(=O)(=O)NCCCNS(C)(=O)=O. The normalized spacial score (nSPS) is 12.3. The summed E-state index contributed by atoms with van der Waals surface area (Å²) in [6, 6.07) is 1.59. The molecule has 21 heavy (non-hydrogen) atoms. The van der Waals surface area contributed by atoms with E-state index in [-0.39, 0.29) is 18.0 Å². The van der Waals surface area contributed by atoms with Crippen LogP contribution in [-0.2, 0) is 20.0 Å². The zero-order valence-electron chi connectivity index (χ0n) is 12.0. The van der Waals surface area contributed by atoms with Crippen molar-refractivity contribution in [3.05, 3.63) is 18.5 Å². The van der Waals surface area contributed by atoms with Crippen LogP contribution in [0.1, 0.15) is 13.3 Å². The van der Waals surface area contributed by atoms with Crippen molar-refractivity contribution in [3.8, 4) is 0 Å². The number of rotatable bonds is 9. The number of hydrogen-bond acceptors (Lipinski definition) is 6. The molecule has 1 rings (SSSR count). The van der Waals surface area contributed by atoms with Gasteiger partial charge in [-0.2, -0.15) is 0 Å². The Kier molecular flexibility index (Phi) is 6.52. The van der Waals surface area contributed by atoms with E-state index in [0.29, 0.717) is 18.7 Å². The number of anilines is 1. The van der Waals surface area contributed by atoms with Crippen LogP contribution in [0.3, 0.4) is 0 Å². The molecule has 0 aliphatic rings. The third-order valence-corrected chi connectivity index (χ3v) is 4.67. The van der Waals surface area contributed by atoms with Gasteiger partial charge in [-0.1, -0.05) is 0 Å². The van der Waals surface area contributed by atoms with Gasteiger partial charge in [0.2, 0.25) is 20.0 Å². The molecule has 0 saturated heterocycles. The first-order chi connectivity index (χ1) is 9.76.